The maximum absolute atomic E-state index is 12.9. The summed E-state index contributed by atoms with van der Waals surface area (Å²) < 4.78 is 12.9. The number of halogens is 1. The lowest BCUT2D eigenvalue weighted by molar-refractivity contribution is 0.247. The Labute approximate surface area is 145 Å². The largest absolute Gasteiger partial charge is 0.340 e. The lowest BCUT2D eigenvalue weighted by atomic mass is 10.2. The van der Waals surface area contributed by atoms with Crippen LogP contribution in [-0.2, 0) is 0 Å². The Bertz CT molecular complexity index is 830. The molecule has 1 heterocycles. The first-order valence-corrected chi connectivity index (χ1v) is 8.09. The number of aromatic amines is 1. The Morgan fingerprint density at radius 1 is 1.16 bits per heavy atom. The van der Waals surface area contributed by atoms with Gasteiger partial charge in [0.1, 0.15) is 11.6 Å². The number of carbonyl (C=O) groups is 1. The van der Waals surface area contributed by atoms with Crippen LogP contribution in [0.1, 0.15) is 25.2 Å². The highest BCUT2D eigenvalue weighted by Gasteiger charge is 2.16. The molecule has 2 aromatic carbocycles. The van der Waals surface area contributed by atoms with Crippen molar-refractivity contribution in [1.29, 1.82) is 0 Å². The molecule has 3 aromatic rings. The average molecular weight is 338 g/mol. The lowest BCUT2D eigenvalue weighted by Gasteiger charge is -2.15. The van der Waals surface area contributed by atoms with Gasteiger partial charge >= 0.3 is 6.03 Å². The van der Waals surface area contributed by atoms with Gasteiger partial charge in [-0.3, -0.25) is 0 Å². The first-order valence-electron chi connectivity index (χ1n) is 8.09. The van der Waals surface area contributed by atoms with Crippen molar-refractivity contribution < 1.29 is 9.18 Å². The highest BCUT2D eigenvalue weighted by Crippen LogP contribution is 2.20. The molecule has 2 amide bonds. The van der Waals surface area contributed by atoms with Crippen LogP contribution in [0.3, 0.4) is 0 Å². The minimum atomic E-state index is -0.365. The first-order chi connectivity index (χ1) is 12.2. The van der Waals surface area contributed by atoms with E-state index < -0.39 is 0 Å². The van der Waals surface area contributed by atoms with E-state index in [1.165, 1.54) is 24.3 Å². The Hall–Kier alpha value is -3.15. The second-order valence-corrected chi connectivity index (χ2v) is 5.61. The molecule has 1 atom stereocenters. The van der Waals surface area contributed by atoms with E-state index >= 15 is 0 Å². The molecule has 1 unspecified atom stereocenters. The lowest BCUT2D eigenvalue weighted by Crippen LogP contribution is -2.32. The van der Waals surface area contributed by atoms with Crippen molar-refractivity contribution >= 4 is 11.7 Å². The molecule has 0 aliphatic carbocycles. The number of carbonyl (C=O) groups excluding carboxylic acids is 1. The smallest absolute Gasteiger partial charge is 0.319 e. The molecule has 1 aromatic heterocycles. The fraction of sp³-hybridized carbons (Fsp3) is 0.158. The maximum Gasteiger partial charge on any atom is 0.319 e. The van der Waals surface area contributed by atoms with Crippen LogP contribution in [-0.4, -0.2) is 16.0 Å². The van der Waals surface area contributed by atoms with Crippen molar-refractivity contribution in [2.45, 2.75) is 19.4 Å². The van der Waals surface area contributed by atoms with Gasteiger partial charge in [0.25, 0.3) is 0 Å². The van der Waals surface area contributed by atoms with Crippen molar-refractivity contribution in [2.24, 2.45) is 0 Å². The third-order valence-corrected chi connectivity index (χ3v) is 3.83. The maximum atomic E-state index is 12.9. The summed E-state index contributed by atoms with van der Waals surface area (Å²) in [4.78, 5) is 19.8. The second-order valence-electron chi connectivity index (χ2n) is 5.61. The van der Waals surface area contributed by atoms with Crippen LogP contribution in [0.15, 0.2) is 60.8 Å². The number of amides is 2. The van der Waals surface area contributed by atoms with Crippen LogP contribution in [0.2, 0.25) is 0 Å². The molecule has 5 nitrogen and oxygen atoms in total. The molecule has 3 rings (SSSR count). The molecule has 0 fully saturated rings. The van der Waals surface area contributed by atoms with Crippen LogP contribution in [0.4, 0.5) is 14.9 Å². The number of anilines is 1. The van der Waals surface area contributed by atoms with Crippen LogP contribution in [0.25, 0.3) is 11.3 Å². The van der Waals surface area contributed by atoms with Gasteiger partial charge in [-0.2, -0.15) is 0 Å². The van der Waals surface area contributed by atoms with E-state index in [0.29, 0.717) is 17.9 Å². The van der Waals surface area contributed by atoms with E-state index in [1.807, 2.05) is 37.3 Å². The molecule has 3 N–H and O–H groups in total. The van der Waals surface area contributed by atoms with E-state index in [4.69, 9.17) is 0 Å². The number of nitrogens with zero attached hydrogens (tertiary/aromatic N) is 1. The highest BCUT2D eigenvalue weighted by atomic mass is 19.1. The van der Waals surface area contributed by atoms with Crippen LogP contribution in [0.5, 0.6) is 0 Å². The first kappa shape index (κ1) is 16.7. The number of hydrogen-bond donors (Lipinski definition) is 3. The molecule has 6 heteroatoms. The van der Waals surface area contributed by atoms with Crippen molar-refractivity contribution in [3.8, 4) is 11.3 Å². The summed E-state index contributed by atoms with van der Waals surface area (Å²) in [6, 6.07) is 14.9. The van der Waals surface area contributed by atoms with Gasteiger partial charge in [0, 0.05) is 5.69 Å². The molecular weight excluding hydrogens is 319 g/mol. The Kier molecular flexibility index (Phi) is 5.09. The summed E-state index contributed by atoms with van der Waals surface area (Å²) in [5, 5.41) is 5.56. The van der Waals surface area contributed by atoms with Crippen molar-refractivity contribution in [2.75, 3.05) is 5.32 Å². The summed E-state index contributed by atoms with van der Waals surface area (Å²) in [5.74, 6) is 0.344. The predicted octanol–water partition coefficient (Wildman–Crippen LogP) is 4.49. The predicted molar refractivity (Wildman–Crippen MR) is 95.6 cm³/mol. The summed E-state index contributed by atoms with van der Waals surface area (Å²) >= 11 is 0. The van der Waals surface area contributed by atoms with Gasteiger partial charge in [-0.05, 0) is 36.2 Å². The zero-order chi connectivity index (χ0) is 17.6. The normalized spacial score (nSPS) is 11.8. The summed E-state index contributed by atoms with van der Waals surface area (Å²) in [5.41, 5.74) is 2.46. The molecule has 0 radical (unpaired) electrons. The topological polar surface area (TPSA) is 69.8 Å². The molecule has 0 saturated carbocycles. The fourth-order valence-corrected chi connectivity index (χ4v) is 2.50. The van der Waals surface area contributed by atoms with Crippen molar-refractivity contribution in [1.82, 2.24) is 15.3 Å². The third kappa shape index (κ3) is 4.23. The summed E-state index contributed by atoms with van der Waals surface area (Å²) in [7, 11) is 0. The van der Waals surface area contributed by atoms with Gasteiger partial charge in [-0.15, -0.1) is 0 Å². The van der Waals surface area contributed by atoms with E-state index in [-0.39, 0.29) is 17.9 Å². The third-order valence-electron chi connectivity index (χ3n) is 3.83. The molecule has 0 aliphatic rings. The molecule has 0 bridgehead atoms. The average Bonchev–Trinajstić information content (AvgIpc) is 3.12. The van der Waals surface area contributed by atoms with E-state index in [1.54, 1.807) is 6.20 Å². The van der Waals surface area contributed by atoms with Crippen LogP contribution < -0.4 is 10.6 Å². The number of hydrogen-bond acceptors (Lipinski definition) is 2. The summed E-state index contributed by atoms with van der Waals surface area (Å²) in [6.07, 6.45) is 2.44. The van der Waals surface area contributed by atoms with Gasteiger partial charge in [0.05, 0.1) is 17.9 Å². The monoisotopic (exact) mass is 338 g/mol. The molecule has 0 saturated heterocycles. The Morgan fingerprint density at radius 2 is 1.88 bits per heavy atom. The van der Waals surface area contributed by atoms with Gasteiger partial charge in [0.15, 0.2) is 0 Å². The van der Waals surface area contributed by atoms with Crippen LogP contribution in [0, 0.1) is 5.82 Å². The van der Waals surface area contributed by atoms with Gasteiger partial charge < -0.3 is 15.6 Å². The number of aromatic nitrogens is 2. The standard InChI is InChI=1S/C19H19FN4O/c1-2-16(24-19(25)22-15-10-8-14(20)9-11-15)18-21-12-17(23-18)13-6-4-3-5-7-13/h3-12,16H,2H2,1H3,(H,21,23)(H2,22,24,25). The highest BCUT2D eigenvalue weighted by molar-refractivity contribution is 5.89. The quantitative estimate of drug-likeness (QED) is 0.641. The van der Waals surface area contributed by atoms with Gasteiger partial charge in [0.2, 0.25) is 0 Å². The number of H-pyrrole nitrogens is 1. The zero-order valence-electron chi connectivity index (χ0n) is 13.8. The fourth-order valence-electron chi connectivity index (χ4n) is 2.50. The van der Waals surface area contributed by atoms with E-state index in [9.17, 15) is 9.18 Å². The Morgan fingerprint density at radius 3 is 2.56 bits per heavy atom. The minimum Gasteiger partial charge on any atom is -0.340 e. The molecule has 0 aliphatic heterocycles. The van der Waals surface area contributed by atoms with E-state index in [2.05, 4.69) is 20.6 Å². The second kappa shape index (κ2) is 7.61. The van der Waals surface area contributed by atoms with Crippen LogP contribution >= 0.6 is 0 Å². The number of rotatable bonds is 5. The number of nitrogens with one attached hydrogen (secondary N) is 3. The molecule has 25 heavy (non-hydrogen) atoms. The number of benzene rings is 2. The minimum absolute atomic E-state index is 0.252. The van der Waals surface area contributed by atoms with Gasteiger partial charge in [-0.1, -0.05) is 37.3 Å². The number of imidazole rings is 1. The van der Waals surface area contributed by atoms with Crippen molar-refractivity contribution in [3.63, 3.8) is 0 Å². The molecular formula is C19H19FN4O. The zero-order valence-corrected chi connectivity index (χ0v) is 13.8. The Balaban J connectivity index is 1.67. The summed E-state index contributed by atoms with van der Waals surface area (Å²) in [6.45, 7) is 1.97. The molecule has 0 spiro atoms. The SMILES string of the molecule is CCC(NC(=O)Nc1ccc(F)cc1)c1ncc(-c2ccccc2)[nH]1. The van der Waals surface area contributed by atoms with Gasteiger partial charge in [-0.25, -0.2) is 14.2 Å². The van der Waals surface area contributed by atoms with Crippen molar-refractivity contribution in [3.05, 3.63) is 72.4 Å². The number of urea groups is 1. The molecule has 128 valence electrons. The van der Waals surface area contributed by atoms with E-state index in [0.717, 1.165) is 11.3 Å².